The minimum atomic E-state index is -0.496. The fraction of sp³-hybridized carbons (Fsp3) is 0.556. The lowest BCUT2D eigenvalue weighted by Crippen LogP contribution is -2.18. The molecule has 1 heterocycles. The van der Waals surface area contributed by atoms with Crippen LogP contribution >= 0.6 is 0 Å². The van der Waals surface area contributed by atoms with E-state index in [0.717, 1.165) is 0 Å². The molecule has 0 saturated heterocycles. The number of methoxy groups -OCH3 is 2. The number of ketones is 1. The molecule has 1 aromatic heterocycles. The summed E-state index contributed by atoms with van der Waals surface area (Å²) in [4.78, 5) is 15.5. The molecule has 0 unspecified atom stereocenters. The van der Waals surface area contributed by atoms with Crippen molar-refractivity contribution in [2.24, 2.45) is 7.05 Å². The molecule has 0 aliphatic rings. The summed E-state index contributed by atoms with van der Waals surface area (Å²) in [5.74, 6) is -0.0840. The van der Waals surface area contributed by atoms with Crippen molar-refractivity contribution in [2.45, 2.75) is 12.7 Å². The molecule has 0 aromatic carbocycles. The van der Waals surface area contributed by atoms with E-state index in [-0.39, 0.29) is 12.2 Å². The van der Waals surface area contributed by atoms with Crippen molar-refractivity contribution in [3.05, 3.63) is 18.2 Å². The number of imidazole rings is 1. The van der Waals surface area contributed by atoms with Gasteiger partial charge in [-0.15, -0.1) is 0 Å². The maximum atomic E-state index is 11.6. The molecule has 0 atom stereocenters. The van der Waals surface area contributed by atoms with Crippen molar-refractivity contribution in [3.8, 4) is 0 Å². The normalized spacial score (nSPS) is 10.9. The highest BCUT2D eigenvalue weighted by Crippen LogP contribution is 2.05. The average Bonchev–Trinajstić information content (AvgIpc) is 2.61. The molecule has 0 aliphatic carbocycles. The first-order valence-electron chi connectivity index (χ1n) is 4.24. The van der Waals surface area contributed by atoms with Gasteiger partial charge in [-0.3, -0.25) is 4.79 Å². The largest absolute Gasteiger partial charge is 0.355 e. The summed E-state index contributed by atoms with van der Waals surface area (Å²) in [5.41, 5.74) is 0.437. The van der Waals surface area contributed by atoms with Crippen LogP contribution in [0.2, 0.25) is 0 Å². The van der Waals surface area contributed by atoms with Crippen molar-refractivity contribution < 1.29 is 14.3 Å². The van der Waals surface area contributed by atoms with Gasteiger partial charge < -0.3 is 14.0 Å². The van der Waals surface area contributed by atoms with Gasteiger partial charge in [0.2, 0.25) is 0 Å². The third kappa shape index (κ3) is 2.65. The number of ether oxygens (including phenoxy) is 2. The Kier molecular flexibility index (Phi) is 3.79. The summed E-state index contributed by atoms with van der Waals surface area (Å²) >= 11 is 0. The van der Waals surface area contributed by atoms with E-state index in [0.29, 0.717) is 5.69 Å². The number of Topliss-reactive ketones (excluding diaryl/α,β-unsaturated/α-hetero) is 1. The van der Waals surface area contributed by atoms with Crippen LogP contribution in [0.3, 0.4) is 0 Å². The van der Waals surface area contributed by atoms with E-state index < -0.39 is 6.29 Å². The highest BCUT2D eigenvalue weighted by Gasteiger charge is 2.15. The number of hydrogen-bond donors (Lipinski definition) is 0. The summed E-state index contributed by atoms with van der Waals surface area (Å²) in [7, 11) is 4.81. The van der Waals surface area contributed by atoms with E-state index >= 15 is 0 Å². The Morgan fingerprint density at radius 1 is 1.57 bits per heavy atom. The standard InChI is InChI=1S/C9H14N2O3/c1-11-5-7(10-6-11)8(12)4-9(13-2)14-3/h5-6,9H,4H2,1-3H3. The smallest absolute Gasteiger partial charge is 0.187 e. The zero-order valence-corrected chi connectivity index (χ0v) is 8.56. The number of aryl methyl sites for hydroxylation is 1. The monoisotopic (exact) mass is 198 g/mol. The molecule has 0 aliphatic heterocycles. The second-order valence-electron chi connectivity index (χ2n) is 2.95. The molecule has 0 fully saturated rings. The van der Waals surface area contributed by atoms with E-state index in [4.69, 9.17) is 9.47 Å². The Morgan fingerprint density at radius 3 is 2.64 bits per heavy atom. The van der Waals surface area contributed by atoms with E-state index in [1.807, 2.05) is 7.05 Å². The van der Waals surface area contributed by atoms with Crippen molar-refractivity contribution in [3.63, 3.8) is 0 Å². The molecule has 1 rings (SSSR count). The molecule has 78 valence electrons. The highest BCUT2D eigenvalue weighted by atomic mass is 16.7. The van der Waals surface area contributed by atoms with Crippen molar-refractivity contribution in [1.82, 2.24) is 9.55 Å². The predicted octanol–water partition coefficient (Wildman–Crippen LogP) is 0.612. The van der Waals surface area contributed by atoms with Gasteiger partial charge in [-0.1, -0.05) is 0 Å². The van der Waals surface area contributed by atoms with Crippen LogP contribution in [0.25, 0.3) is 0 Å². The van der Waals surface area contributed by atoms with Crippen LogP contribution in [0, 0.1) is 0 Å². The Balaban J connectivity index is 2.58. The molecule has 5 nitrogen and oxygen atoms in total. The van der Waals surface area contributed by atoms with E-state index in [1.54, 1.807) is 17.1 Å². The first kappa shape index (κ1) is 10.9. The molecule has 0 radical (unpaired) electrons. The number of rotatable bonds is 5. The number of aromatic nitrogens is 2. The molecule has 0 bridgehead atoms. The van der Waals surface area contributed by atoms with E-state index in [9.17, 15) is 4.79 Å². The molecular formula is C9H14N2O3. The average molecular weight is 198 g/mol. The van der Waals surface area contributed by atoms with E-state index in [2.05, 4.69) is 4.98 Å². The minimum absolute atomic E-state index is 0.0840. The lowest BCUT2D eigenvalue weighted by atomic mass is 10.2. The number of nitrogens with zero attached hydrogens (tertiary/aromatic N) is 2. The zero-order valence-electron chi connectivity index (χ0n) is 8.56. The Morgan fingerprint density at radius 2 is 2.21 bits per heavy atom. The molecule has 5 heteroatoms. The SMILES string of the molecule is COC(CC(=O)c1cn(C)cn1)OC. The Bertz CT molecular complexity index is 305. The first-order chi connectivity index (χ1) is 6.67. The van der Waals surface area contributed by atoms with Crippen molar-refractivity contribution in [2.75, 3.05) is 14.2 Å². The van der Waals surface area contributed by atoms with Crippen LogP contribution in [0.1, 0.15) is 16.9 Å². The molecule has 0 spiro atoms. The summed E-state index contributed by atoms with van der Waals surface area (Å²) in [6.45, 7) is 0. The third-order valence-electron chi connectivity index (χ3n) is 1.87. The van der Waals surface area contributed by atoms with Crippen LogP contribution in [0.4, 0.5) is 0 Å². The van der Waals surface area contributed by atoms with Gasteiger partial charge in [0.25, 0.3) is 0 Å². The van der Waals surface area contributed by atoms with Crippen LogP contribution in [0.15, 0.2) is 12.5 Å². The van der Waals surface area contributed by atoms with Gasteiger partial charge in [0.1, 0.15) is 5.69 Å². The number of carbonyl (C=O) groups is 1. The second kappa shape index (κ2) is 4.88. The molecule has 0 amide bonds. The van der Waals surface area contributed by atoms with Crippen molar-refractivity contribution in [1.29, 1.82) is 0 Å². The number of hydrogen-bond acceptors (Lipinski definition) is 4. The molecule has 0 saturated carbocycles. The van der Waals surface area contributed by atoms with Crippen LogP contribution in [-0.4, -0.2) is 35.8 Å². The van der Waals surface area contributed by atoms with Crippen LogP contribution < -0.4 is 0 Å². The Labute approximate surface area is 82.6 Å². The lowest BCUT2D eigenvalue weighted by molar-refractivity contribution is -0.0993. The summed E-state index contributed by atoms with van der Waals surface area (Å²) in [6, 6.07) is 0. The van der Waals surface area contributed by atoms with Gasteiger partial charge in [0.05, 0.1) is 12.7 Å². The van der Waals surface area contributed by atoms with Crippen LogP contribution in [0.5, 0.6) is 0 Å². The molecule has 0 N–H and O–H groups in total. The maximum Gasteiger partial charge on any atom is 0.187 e. The summed E-state index contributed by atoms with van der Waals surface area (Å²) < 4.78 is 11.6. The zero-order chi connectivity index (χ0) is 10.6. The molecule has 1 aromatic rings. The topological polar surface area (TPSA) is 53.4 Å². The third-order valence-corrected chi connectivity index (χ3v) is 1.87. The lowest BCUT2D eigenvalue weighted by Gasteiger charge is -2.10. The molecular weight excluding hydrogens is 184 g/mol. The molecule has 14 heavy (non-hydrogen) atoms. The number of carbonyl (C=O) groups excluding carboxylic acids is 1. The predicted molar refractivity (Wildman–Crippen MR) is 50.0 cm³/mol. The summed E-state index contributed by atoms with van der Waals surface area (Å²) in [5, 5.41) is 0. The van der Waals surface area contributed by atoms with Gasteiger partial charge in [-0.2, -0.15) is 0 Å². The first-order valence-corrected chi connectivity index (χ1v) is 4.24. The van der Waals surface area contributed by atoms with E-state index in [1.165, 1.54) is 14.2 Å². The van der Waals surface area contributed by atoms with Gasteiger partial charge in [0.15, 0.2) is 12.1 Å². The highest BCUT2D eigenvalue weighted by molar-refractivity contribution is 5.94. The Hall–Kier alpha value is -1.20. The fourth-order valence-corrected chi connectivity index (χ4v) is 1.08. The fourth-order valence-electron chi connectivity index (χ4n) is 1.08. The summed E-state index contributed by atoms with van der Waals surface area (Å²) in [6.07, 6.45) is 2.95. The maximum absolute atomic E-state index is 11.6. The van der Waals surface area contributed by atoms with Crippen molar-refractivity contribution >= 4 is 5.78 Å². The quantitative estimate of drug-likeness (QED) is 0.514. The second-order valence-corrected chi connectivity index (χ2v) is 2.95. The van der Waals surface area contributed by atoms with Gasteiger partial charge >= 0.3 is 0 Å². The van der Waals surface area contributed by atoms with Gasteiger partial charge in [-0.05, 0) is 0 Å². The minimum Gasteiger partial charge on any atom is -0.355 e. The van der Waals surface area contributed by atoms with Gasteiger partial charge in [-0.25, -0.2) is 4.98 Å². The van der Waals surface area contributed by atoms with Crippen LogP contribution in [-0.2, 0) is 16.5 Å². The van der Waals surface area contributed by atoms with Gasteiger partial charge in [0, 0.05) is 27.5 Å².